The number of nitrogens with one attached hydrogen (secondary N) is 1. The van der Waals surface area contributed by atoms with Crippen molar-refractivity contribution < 1.29 is 19.6 Å². The minimum atomic E-state index is -1.67. The second-order valence-electron chi connectivity index (χ2n) is 3.77. The van der Waals surface area contributed by atoms with Crippen molar-refractivity contribution in [2.45, 2.75) is 0 Å². The number of carboxylic acids is 1. The van der Waals surface area contributed by atoms with Crippen molar-refractivity contribution in [3.05, 3.63) is 58.2 Å². The Labute approximate surface area is 117 Å². The van der Waals surface area contributed by atoms with Gasteiger partial charge in [0.15, 0.2) is 5.69 Å². The molecule has 2 rings (SSSR count). The molecule has 1 N–H and O–H groups in total. The molecule has 0 saturated heterocycles. The van der Waals surface area contributed by atoms with E-state index < -0.39 is 28.2 Å². The van der Waals surface area contributed by atoms with Crippen LogP contribution in [0.1, 0.15) is 21.0 Å². The van der Waals surface area contributed by atoms with Crippen molar-refractivity contribution in [3.8, 4) is 0 Å². The predicted octanol–water partition coefficient (Wildman–Crippen LogP) is 0.000600. The number of benzene rings is 1. The second-order valence-corrected chi connectivity index (χ2v) is 3.77. The van der Waals surface area contributed by atoms with Crippen molar-refractivity contribution >= 4 is 23.3 Å². The number of aromatic carboxylic acids is 1. The Morgan fingerprint density at radius 2 is 1.71 bits per heavy atom. The van der Waals surface area contributed by atoms with Gasteiger partial charge in [-0.1, -0.05) is 12.1 Å². The van der Waals surface area contributed by atoms with Crippen molar-refractivity contribution in [2.75, 3.05) is 5.32 Å². The van der Waals surface area contributed by atoms with Crippen LogP contribution < -0.4 is 10.4 Å². The summed E-state index contributed by atoms with van der Waals surface area (Å²) in [6, 6.07) is 5.43. The third-order valence-electron chi connectivity index (χ3n) is 2.46. The number of amides is 1. The third-order valence-corrected chi connectivity index (χ3v) is 2.46. The number of anilines is 1. The molecule has 0 bridgehead atoms. The quantitative estimate of drug-likeness (QED) is 0.616. The number of hydrogen-bond acceptors (Lipinski definition) is 7. The summed E-state index contributed by atoms with van der Waals surface area (Å²) in [6.45, 7) is 0. The molecule has 1 aromatic heterocycles. The topological polar surface area (TPSA) is 138 Å². The van der Waals surface area contributed by atoms with Gasteiger partial charge in [0.05, 0.1) is 10.9 Å². The molecule has 0 aliphatic heterocycles. The minimum absolute atomic E-state index is 0.0811. The summed E-state index contributed by atoms with van der Waals surface area (Å²) in [5, 5.41) is 23.9. The predicted molar refractivity (Wildman–Crippen MR) is 67.4 cm³/mol. The van der Waals surface area contributed by atoms with E-state index in [9.17, 15) is 24.8 Å². The molecule has 0 aliphatic rings. The van der Waals surface area contributed by atoms with Gasteiger partial charge in [-0.2, -0.15) is 0 Å². The van der Waals surface area contributed by atoms with Gasteiger partial charge in [-0.3, -0.25) is 19.9 Å². The highest BCUT2D eigenvalue weighted by atomic mass is 16.6. The lowest BCUT2D eigenvalue weighted by atomic mass is 10.2. The summed E-state index contributed by atoms with van der Waals surface area (Å²) in [5.74, 6) is -2.60. The number of aromatic nitrogens is 2. The number of carboxylic acid groups (broad SMARTS) is 1. The summed E-state index contributed by atoms with van der Waals surface area (Å²) in [5.41, 5.74) is -1.54. The molecule has 0 spiro atoms. The number of nitrogens with zero attached hydrogens (tertiary/aromatic N) is 3. The standard InChI is InChI=1S/C12H8N4O5/c17-11(9-10(12(18)19)14-6-5-13-9)15-7-3-1-2-4-8(7)16(20)21/h1-6H,(H,15,17)(H,18,19)/p-1. The number of nitro groups is 1. The molecule has 1 aromatic carbocycles. The first-order valence-electron chi connectivity index (χ1n) is 5.58. The van der Waals surface area contributed by atoms with Crippen LogP contribution in [0.15, 0.2) is 36.7 Å². The van der Waals surface area contributed by atoms with E-state index in [1.807, 2.05) is 0 Å². The van der Waals surface area contributed by atoms with Crippen LogP contribution in [-0.4, -0.2) is 26.8 Å². The summed E-state index contributed by atoms with van der Waals surface area (Å²) in [7, 11) is 0. The molecule has 0 fully saturated rings. The van der Waals surface area contributed by atoms with E-state index >= 15 is 0 Å². The van der Waals surface area contributed by atoms with Crippen LogP contribution >= 0.6 is 0 Å². The second kappa shape index (κ2) is 5.74. The van der Waals surface area contributed by atoms with E-state index in [2.05, 4.69) is 15.3 Å². The molecular formula is C12H7N4O5-. The van der Waals surface area contributed by atoms with Crippen LogP contribution in [0.5, 0.6) is 0 Å². The molecule has 0 unspecified atom stereocenters. The van der Waals surface area contributed by atoms with Gasteiger partial charge in [0.25, 0.3) is 11.6 Å². The highest BCUT2D eigenvalue weighted by Crippen LogP contribution is 2.23. The van der Waals surface area contributed by atoms with Gasteiger partial charge in [0.2, 0.25) is 0 Å². The molecule has 106 valence electrons. The smallest absolute Gasteiger partial charge is 0.292 e. The lowest BCUT2D eigenvalue weighted by Crippen LogP contribution is -2.28. The van der Waals surface area contributed by atoms with Crippen LogP contribution in [0, 0.1) is 10.1 Å². The molecule has 21 heavy (non-hydrogen) atoms. The molecule has 1 heterocycles. The lowest BCUT2D eigenvalue weighted by molar-refractivity contribution is -0.383. The van der Waals surface area contributed by atoms with E-state index in [0.29, 0.717) is 0 Å². The number of nitro benzene ring substituents is 1. The number of carbonyl (C=O) groups excluding carboxylic acids is 2. The van der Waals surface area contributed by atoms with E-state index in [4.69, 9.17) is 0 Å². The fourth-order valence-corrected chi connectivity index (χ4v) is 1.57. The fraction of sp³-hybridized carbons (Fsp3) is 0. The Hall–Kier alpha value is -3.36. The molecule has 0 saturated carbocycles. The average Bonchev–Trinajstić information content (AvgIpc) is 2.47. The maximum Gasteiger partial charge on any atom is 0.292 e. The number of rotatable bonds is 4. The Bertz CT molecular complexity index is 731. The van der Waals surface area contributed by atoms with E-state index in [0.717, 1.165) is 12.4 Å². The first-order valence-corrected chi connectivity index (χ1v) is 5.58. The van der Waals surface area contributed by atoms with E-state index in [1.165, 1.54) is 24.3 Å². The van der Waals surface area contributed by atoms with Crippen molar-refractivity contribution in [2.24, 2.45) is 0 Å². The van der Waals surface area contributed by atoms with Crippen molar-refractivity contribution in [1.82, 2.24) is 9.97 Å². The molecule has 9 nitrogen and oxygen atoms in total. The first kappa shape index (κ1) is 14.1. The maximum atomic E-state index is 12.0. The summed E-state index contributed by atoms with van der Waals surface area (Å²) in [4.78, 5) is 40.1. The zero-order chi connectivity index (χ0) is 15.4. The van der Waals surface area contributed by atoms with Crippen molar-refractivity contribution in [3.63, 3.8) is 0 Å². The van der Waals surface area contributed by atoms with Gasteiger partial charge >= 0.3 is 0 Å². The van der Waals surface area contributed by atoms with Crippen LogP contribution in [-0.2, 0) is 0 Å². The average molecular weight is 287 g/mol. The van der Waals surface area contributed by atoms with Gasteiger partial charge in [0, 0.05) is 18.5 Å². The van der Waals surface area contributed by atoms with Crippen LogP contribution in [0.2, 0.25) is 0 Å². The number of carbonyl (C=O) groups is 2. The summed E-state index contributed by atoms with van der Waals surface area (Å²) in [6.07, 6.45) is 2.22. The van der Waals surface area contributed by atoms with E-state index in [1.54, 1.807) is 0 Å². The van der Waals surface area contributed by atoms with Gasteiger partial charge in [-0.05, 0) is 6.07 Å². The largest absolute Gasteiger partial charge is 0.543 e. The Balaban J connectivity index is 2.36. The molecular weight excluding hydrogens is 280 g/mol. The number of hydrogen-bond donors (Lipinski definition) is 1. The van der Waals surface area contributed by atoms with Crippen LogP contribution in [0.3, 0.4) is 0 Å². The SMILES string of the molecule is O=C([O-])c1nccnc1C(=O)Nc1ccccc1[N+](=O)[O-]. The zero-order valence-electron chi connectivity index (χ0n) is 10.3. The zero-order valence-corrected chi connectivity index (χ0v) is 10.3. The monoisotopic (exact) mass is 287 g/mol. The van der Waals surface area contributed by atoms with Crippen LogP contribution in [0.25, 0.3) is 0 Å². The highest BCUT2D eigenvalue weighted by Gasteiger charge is 2.19. The molecule has 0 radical (unpaired) electrons. The Morgan fingerprint density at radius 1 is 1.10 bits per heavy atom. The Kier molecular flexibility index (Phi) is 3.84. The molecule has 0 atom stereocenters. The molecule has 0 aliphatic carbocycles. The van der Waals surface area contributed by atoms with Gasteiger partial charge in [0.1, 0.15) is 11.4 Å². The highest BCUT2D eigenvalue weighted by molar-refractivity contribution is 6.08. The van der Waals surface area contributed by atoms with E-state index in [-0.39, 0.29) is 11.4 Å². The normalized spacial score (nSPS) is 9.90. The van der Waals surface area contributed by atoms with Crippen molar-refractivity contribution in [1.29, 1.82) is 0 Å². The first-order chi connectivity index (χ1) is 10.0. The van der Waals surface area contributed by atoms with Gasteiger partial charge in [-0.15, -0.1) is 0 Å². The third kappa shape index (κ3) is 2.97. The van der Waals surface area contributed by atoms with Gasteiger partial charge in [-0.25, -0.2) is 4.98 Å². The minimum Gasteiger partial charge on any atom is -0.543 e. The van der Waals surface area contributed by atoms with Crippen LogP contribution in [0.4, 0.5) is 11.4 Å². The van der Waals surface area contributed by atoms with Gasteiger partial charge < -0.3 is 15.2 Å². The summed E-state index contributed by atoms with van der Waals surface area (Å²) >= 11 is 0. The molecule has 9 heteroatoms. The summed E-state index contributed by atoms with van der Waals surface area (Å²) < 4.78 is 0. The molecule has 1 amide bonds. The maximum absolute atomic E-state index is 12.0. The lowest BCUT2D eigenvalue weighted by Gasteiger charge is -2.08. The Morgan fingerprint density at radius 3 is 2.33 bits per heavy atom. The molecule has 2 aromatic rings. The number of para-hydroxylation sites is 2. The fourth-order valence-electron chi connectivity index (χ4n) is 1.57.